The van der Waals surface area contributed by atoms with E-state index in [1.807, 2.05) is 152 Å². The monoisotopic (exact) mass is 802 g/mol. The van der Waals surface area contributed by atoms with Crippen LogP contribution in [-0.2, 0) is 70.7 Å². The fourth-order valence-corrected chi connectivity index (χ4v) is 7.42. The SMILES string of the molecule is CC(C)(C)[Si](C)(C)O[C@H](CC(=O)C(=O)OCc1ccccc1)[C@@H](OCc1ccccc1)[C@H](OCc1ccccc1)[C@@H](COCc1ccccc1)OCc1ccccc1. The van der Waals surface area contributed by atoms with E-state index in [9.17, 15) is 9.59 Å². The van der Waals surface area contributed by atoms with Gasteiger partial charge in [-0.15, -0.1) is 0 Å². The van der Waals surface area contributed by atoms with Gasteiger partial charge in [0.05, 0.1) is 39.1 Å². The normalized spacial score (nSPS) is 13.9. The Hall–Kier alpha value is -4.74. The highest BCUT2D eigenvalue weighted by atomic mass is 28.4. The lowest BCUT2D eigenvalue weighted by molar-refractivity contribution is -0.190. The van der Waals surface area contributed by atoms with Crippen LogP contribution in [0.15, 0.2) is 152 Å². The Kier molecular flexibility index (Phi) is 17.1. The third kappa shape index (κ3) is 14.3. The Labute approximate surface area is 345 Å². The van der Waals surface area contributed by atoms with Crippen molar-refractivity contribution in [3.8, 4) is 0 Å². The van der Waals surface area contributed by atoms with Crippen LogP contribution in [0.3, 0.4) is 0 Å². The predicted octanol–water partition coefficient (Wildman–Crippen LogP) is 10.1. The minimum Gasteiger partial charge on any atom is -0.455 e. The molecule has 0 spiro atoms. The molecule has 0 aliphatic heterocycles. The number of ketones is 1. The molecule has 306 valence electrons. The summed E-state index contributed by atoms with van der Waals surface area (Å²) in [7, 11) is -2.63. The highest BCUT2D eigenvalue weighted by molar-refractivity contribution is 6.74. The van der Waals surface area contributed by atoms with Crippen LogP contribution in [0.5, 0.6) is 0 Å². The molecule has 0 N–H and O–H groups in total. The average Bonchev–Trinajstić information content (AvgIpc) is 3.23. The maximum Gasteiger partial charge on any atom is 0.375 e. The Bertz CT molecular complexity index is 1920. The van der Waals surface area contributed by atoms with E-state index < -0.39 is 44.5 Å². The van der Waals surface area contributed by atoms with E-state index in [2.05, 4.69) is 33.9 Å². The largest absolute Gasteiger partial charge is 0.455 e. The van der Waals surface area contributed by atoms with Crippen molar-refractivity contribution in [3.05, 3.63) is 179 Å². The third-order valence-electron chi connectivity index (χ3n) is 10.4. The molecular formula is C49H58O8Si. The quantitative estimate of drug-likeness (QED) is 0.0367. The highest BCUT2D eigenvalue weighted by Crippen LogP contribution is 2.39. The lowest BCUT2D eigenvalue weighted by Crippen LogP contribution is -2.55. The van der Waals surface area contributed by atoms with Gasteiger partial charge in [0.1, 0.15) is 24.9 Å². The van der Waals surface area contributed by atoms with E-state index in [1.54, 1.807) is 0 Å². The van der Waals surface area contributed by atoms with Crippen LogP contribution in [0.1, 0.15) is 55.0 Å². The molecule has 0 saturated heterocycles. The summed E-state index contributed by atoms with van der Waals surface area (Å²) in [4.78, 5) is 27.4. The summed E-state index contributed by atoms with van der Waals surface area (Å²) in [5.41, 5.74) is 4.65. The minimum atomic E-state index is -2.63. The molecule has 0 bridgehead atoms. The van der Waals surface area contributed by atoms with Gasteiger partial charge >= 0.3 is 5.97 Å². The predicted molar refractivity (Wildman–Crippen MR) is 229 cm³/mol. The summed E-state index contributed by atoms with van der Waals surface area (Å²) in [6.45, 7) is 11.8. The van der Waals surface area contributed by atoms with E-state index in [-0.39, 0.29) is 44.5 Å². The van der Waals surface area contributed by atoms with Crippen LogP contribution in [-0.4, -0.2) is 51.1 Å². The number of Topliss-reactive ketones (excluding diaryl/α,β-unsaturated/α-hetero) is 1. The van der Waals surface area contributed by atoms with Crippen molar-refractivity contribution in [3.63, 3.8) is 0 Å². The number of rotatable bonds is 23. The maximum atomic E-state index is 14.0. The van der Waals surface area contributed by atoms with E-state index in [0.29, 0.717) is 6.61 Å². The zero-order chi connectivity index (χ0) is 41.2. The fourth-order valence-electron chi connectivity index (χ4n) is 6.09. The average molecular weight is 803 g/mol. The van der Waals surface area contributed by atoms with Crippen molar-refractivity contribution in [2.75, 3.05) is 6.61 Å². The van der Waals surface area contributed by atoms with Crippen molar-refractivity contribution in [2.24, 2.45) is 0 Å². The van der Waals surface area contributed by atoms with Gasteiger partial charge in [0.15, 0.2) is 8.32 Å². The Morgan fingerprint density at radius 2 is 0.862 bits per heavy atom. The summed E-state index contributed by atoms with van der Waals surface area (Å²) >= 11 is 0. The van der Waals surface area contributed by atoms with Crippen molar-refractivity contribution in [1.82, 2.24) is 0 Å². The number of hydrogen-bond donors (Lipinski definition) is 0. The molecule has 0 amide bonds. The standard InChI is InChI=1S/C49H58O8Si/c1-49(2,3)58(4,5)57-44(31-43(50)48(51)56-36-42-29-19-10-20-30-42)46(54-34-40-25-15-8-16-26-40)47(55-35-41-27-17-9-18-28-41)45(53-33-39-23-13-7-14-24-39)37-52-32-38-21-11-6-12-22-38/h6-30,44-47H,31-37H2,1-5H3/t44-,45-,46-,47-/m1/s1. The first-order valence-electron chi connectivity index (χ1n) is 20.0. The lowest BCUT2D eigenvalue weighted by Gasteiger charge is -2.43. The first kappa shape index (κ1) is 44.4. The molecule has 5 aromatic rings. The van der Waals surface area contributed by atoms with Crippen LogP contribution in [0.2, 0.25) is 18.1 Å². The van der Waals surface area contributed by atoms with Gasteiger partial charge in [-0.1, -0.05) is 172 Å². The Balaban J connectivity index is 1.55. The first-order chi connectivity index (χ1) is 28.0. The molecule has 5 aromatic carbocycles. The van der Waals surface area contributed by atoms with Crippen LogP contribution in [0.4, 0.5) is 0 Å². The fraction of sp³-hybridized carbons (Fsp3) is 0.347. The van der Waals surface area contributed by atoms with Crippen LogP contribution in [0.25, 0.3) is 0 Å². The second kappa shape index (κ2) is 22.4. The number of carbonyl (C=O) groups excluding carboxylic acids is 2. The number of carbonyl (C=O) groups is 2. The second-order valence-electron chi connectivity index (χ2n) is 16.0. The molecule has 0 aliphatic rings. The van der Waals surface area contributed by atoms with Crippen molar-refractivity contribution in [1.29, 1.82) is 0 Å². The Morgan fingerprint density at radius 3 is 1.28 bits per heavy atom. The smallest absolute Gasteiger partial charge is 0.375 e. The van der Waals surface area contributed by atoms with Crippen LogP contribution in [0, 0.1) is 0 Å². The van der Waals surface area contributed by atoms with E-state index >= 15 is 0 Å². The lowest BCUT2D eigenvalue weighted by atomic mass is 9.98. The number of ether oxygens (including phenoxy) is 5. The van der Waals surface area contributed by atoms with Gasteiger partial charge in [0, 0.05) is 6.42 Å². The molecule has 0 aliphatic carbocycles. The van der Waals surface area contributed by atoms with Gasteiger partial charge < -0.3 is 28.1 Å². The van der Waals surface area contributed by atoms with Gasteiger partial charge in [-0.2, -0.15) is 0 Å². The zero-order valence-electron chi connectivity index (χ0n) is 34.5. The van der Waals surface area contributed by atoms with Crippen molar-refractivity contribution in [2.45, 2.75) is 103 Å². The van der Waals surface area contributed by atoms with Gasteiger partial charge in [0.2, 0.25) is 5.78 Å². The zero-order valence-corrected chi connectivity index (χ0v) is 35.5. The molecule has 0 aromatic heterocycles. The molecular weight excluding hydrogens is 745 g/mol. The van der Waals surface area contributed by atoms with Crippen LogP contribution < -0.4 is 0 Å². The second-order valence-corrected chi connectivity index (χ2v) is 20.7. The summed E-state index contributed by atoms with van der Waals surface area (Å²) < 4.78 is 39.8. The summed E-state index contributed by atoms with van der Waals surface area (Å²) in [6.07, 6.45) is -3.63. The maximum absolute atomic E-state index is 14.0. The molecule has 5 rings (SSSR count). The molecule has 0 unspecified atom stereocenters. The number of esters is 1. The molecule has 9 heteroatoms. The van der Waals surface area contributed by atoms with Gasteiger partial charge in [-0.3, -0.25) is 4.79 Å². The minimum absolute atomic E-state index is 0.0237. The van der Waals surface area contributed by atoms with Crippen LogP contribution >= 0.6 is 0 Å². The molecule has 0 heterocycles. The first-order valence-corrected chi connectivity index (χ1v) is 22.9. The van der Waals surface area contributed by atoms with Gasteiger partial charge in [-0.05, 0) is 45.9 Å². The molecule has 0 saturated carbocycles. The highest BCUT2D eigenvalue weighted by Gasteiger charge is 2.46. The van der Waals surface area contributed by atoms with Crippen molar-refractivity contribution < 1.29 is 37.7 Å². The van der Waals surface area contributed by atoms with E-state index in [0.717, 1.165) is 27.8 Å². The summed E-state index contributed by atoms with van der Waals surface area (Å²) in [5, 5.41) is -0.242. The Morgan fingerprint density at radius 1 is 0.500 bits per heavy atom. The summed E-state index contributed by atoms with van der Waals surface area (Å²) in [5.74, 6) is -1.64. The molecule has 58 heavy (non-hydrogen) atoms. The molecule has 0 radical (unpaired) electrons. The molecule has 4 atom stereocenters. The third-order valence-corrected chi connectivity index (χ3v) is 14.9. The van der Waals surface area contributed by atoms with E-state index in [1.165, 1.54) is 0 Å². The number of hydrogen-bond acceptors (Lipinski definition) is 8. The molecule has 8 nitrogen and oxygen atoms in total. The van der Waals surface area contributed by atoms with Gasteiger partial charge in [0.25, 0.3) is 0 Å². The van der Waals surface area contributed by atoms with Crippen molar-refractivity contribution >= 4 is 20.1 Å². The number of benzene rings is 5. The van der Waals surface area contributed by atoms with E-state index in [4.69, 9.17) is 28.1 Å². The summed E-state index contributed by atoms with van der Waals surface area (Å²) in [6, 6.07) is 48.9. The molecule has 0 fully saturated rings. The topological polar surface area (TPSA) is 89.5 Å². The van der Waals surface area contributed by atoms with Gasteiger partial charge in [-0.25, -0.2) is 4.79 Å².